The van der Waals surface area contributed by atoms with Crippen LogP contribution in [-0.2, 0) is 0 Å². The van der Waals surface area contributed by atoms with Crippen LogP contribution in [0.15, 0.2) is 83.3 Å². The van der Waals surface area contributed by atoms with Gasteiger partial charge in [0.15, 0.2) is 5.13 Å². The van der Waals surface area contributed by atoms with E-state index >= 15 is 0 Å². The summed E-state index contributed by atoms with van der Waals surface area (Å²) in [5, 5.41) is 1.13. The third kappa shape index (κ3) is 3.95. The molecular weight excluding hydrogens is 442 g/mol. The van der Waals surface area contributed by atoms with Gasteiger partial charge in [0.25, 0.3) is 0 Å². The van der Waals surface area contributed by atoms with Crippen molar-refractivity contribution < 1.29 is 0 Å². The van der Waals surface area contributed by atoms with E-state index < -0.39 is 0 Å². The first-order valence-corrected chi connectivity index (χ1v) is 11.5. The fourth-order valence-electron chi connectivity index (χ4n) is 4.08. The summed E-state index contributed by atoms with van der Waals surface area (Å²) in [5.41, 5.74) is 3.80. The fraction of sp³-hybridized carbons (Fsp3) is 0.208. The number of hydrogen-bond donors (Lipinski definition) is 0. The second-order valence-electron chi connectivity index (χ2n) is 7.36. The molecule has 0 saturated carbocycles. The molecule has 0 unspecified atom stereocenters. The van der Waals surface area contributed by atoms with E-state index in [2.05, 4.69) is 105 Å². The van der Waals surface area contributed by atoms with Gasteiger partial charge in [0.05, 0.1) is 16.3 Å². The lowest BCUT2D eigenvalue weighted by Gasteiger charge is -2.39. The first-order valence-electron chi connectivity index (χ1n) is 9.93. The molecule has 2 heterocycles. The maximum absolute atomic E-state index is 4.87. The molecule has 3 aromatic carbocycles. The third-order valence-electron chi connectivity index (χ3n) is 5.52. The highest BCUT2D eigenvalue weighted by atomic mass is 79.9. The lowest BCUT2D eigenvalue weighted by molar-refractivity contribution is 0.212. The Bertz CT molecular complexity index is 1050. The van der Waals surface area contributed by atoms with Gasteiger partial charge in [-0.25, -0.2) is 4.98 Å². The number of hydrogen-bond acceptors (Lipinski definition) is 4. The molecule has 0 N–H and O–H groups in total. The standard InChI is InChI=1S/C24H22BrN3S/c25-20-11-12-21-22(17-20)29-24(26-21)28-15-13-27(14-16-28)23(18-7-3-1-4-8-18)19-9-5-2-6-10-19/h1-12,17,23H,13-16H2. The molecule has 0 bridgehead atoms. The minimum absolute atomic E-state index is 0.297. The third-order valence-corrected chi connectivity index (χ3v) is 7.09. The SMILES string of the molecule is Brc1ccc2nc(N3CCN(C(c4ccccc4)c4ccccc4)CC3)sc2c1. The number of halogens is 1. The zero-order valence-corrected chi connectivity index (χ0v) is 18.4. The Kier molecular flexibility index (Phi) is 5.36. The molecule has 5 rings (SSSR count). The summed E-state index contributed by atoms with van der Waals surface area (Å²) in [7, 11) is 0. The Morgan fingerprint density at radius 3 is 2.03 bits per heavy atom. The molecule has 4 aromatic rings. The van der Waals surface area contributed by atoms with Gasteiger partial charge in [-0.05, 0) is 29.3 Å². The van der Waals surface area contributed by atoms with E-state index in [1.54, 1.807) is 11.3 Å². The minimum atomic E-state index is 0.297. The molecule has 0 amide bonds. The Hall–Kier alpha value is -2.21. The first kappa shape index (κ1) is 18.8. The molecule has 146 valence electrons. The van der Waals surface area contributed by atoms with Gasteiger partial charge in [0, 0.05) is 30.7 Å². The van der Waals surface area contributed by atoms with Crippen LogP contribution in [-0.4, -0.2) is 36.1 Å². The van der Waals surface area contributed by atoms with Gasteiger partial charge in [0.1, 0.15) is 0 Å². The fourth-order valence-corrected chi connectivity index (χ4v) is 5.65. The largest absolute Gasteiger partial charge is 0.345 e. The molecule has 29 heavy (non-hydrogen) atoms. The number of piperazine rings is 1. The van der Waals surface area contributed by atoms with E-state index in [-0.39, 0.29) is 0 Å². The molecule has 0 atom stereocenters. The van der Waals surface area contributed by atoms with Gasteiger partial charge in [-0.1, -0.05) is 87.9 Å². The molecule has 5 heteroatoms. The van der Waals surface area contributed by atoms with Gasteiger partial charge in [-0.2, -0.15) is 0 Å². The quantitative estimate of drug-likeness (QED) is 0.371. The minimum Gasteiger partial charge on any atom is -0.345 e. The van der Waals surface area contributed by atoms with Crippen LogP contribution in [0.25, 0.3) is 10.2 Å². The second-order valence-corrected chi connectivity index (χ2v) is 9.28. The molecule has 1 aliphatic heterocycles. The Balaban J connectivity index is 1.37. The van der Waals surface area contributed by atoms with Gasteiger partial charge in [0.2, 0.25) is 0 Å². The molecule has 0 aliphatic carbocycles. The van der Waals surface area contributed by atoms with Crippen molar-refractivity contribution >= 4 is 42.6 Å². The maximum atomic E-state index is 4.87. The second kappa shape index (κ2) is 8.27. The smallest absolute Gasteiger partial charge is 0.186 e. The van der Waals surface area contributed by atoms with E-state index in [1.807, 2.05) is 0 Å². The highest BCUT2D eigenvalue weighted by molar-refractivity contribution is 9.10. The number of aromatic nitrogens is 1. The van der Waals surface area contributed by atoms with E-state index in [9.17, 15) is 0 Å². The van der Waals surface area contributed by atoms with Crippen LogP contribution < -0.4 is 4.90 Å². The number of nitrogens with zero attached hydrogens (tertiary/aromatic N) is 3. The number of anilines is 1. The van der Waals surface area contributed by atoms with Crippen molar-refractivity contribution in [2.75, 3.05) is 31.1 Å². The molecule has 1 fully saturated rings. The van der Waals surface area contributed by atoms with Crippen LogP contribution in [0.4, 0.5) is 5.13 Å². The first-order chi connectivity index (χ1) is 14.3. The Labute approximate surface area is 183 Å². The van der Waals surface area contributed by atoms with E-state index in [1.165, 1.54) is 15.8 Å². The van der Waals surface area contributed by atoms with E-state index in [4.69, 9.17) is 4.98 Å². The highest BCUT2D eigenvalue weighted by Crippen LogP contribution is 2.33. The van der Waals surface area contributed by atoms with Crippen molar-refractivity contribution in [2.24, 2.45) is 0 Å². The normalized spacial score (nSPS) is 15.3. The van der Waals surface area contributed by atoms with Crippen LogP contribution in [0.5, 0.6) is 0 Å². The summed E-state index contributed by atoms with van der Waals surface area (Å²) in [6, 6.07) is 28.3. The predicted octanol–water partition coefficient (Wildman–Crippen LogP) is 5.97. The summed E-state index contributed by atoms with van der Waals surface area (Å²) in [6.07, 6.45) is 0. The van der Waals surface area contributed by atoms with Gasteiger partial charge < -0.3 is 4.90 Å². The van der Waals surface area contributed by atoms with Gasteiger partial charge in [-0.3, -0.25) is 4.90 Å². The molecule has 0 spiro atoms. The molecule has 1 aromatic heterocycles. The van der Waals surface area contributed by atoms with Crippen LogP contribution >= 0.6 is 27.3 Å². The zero-order chi connectivity index (χ0) is 19.6. The number of rotatable bonds is 4. The summed E-state index contributed by atoms with van der Waals surface area (Å²) in [4.78, 5) is 9.90. The average molecular weight is 464 g/mol. The number of thiazole rings is 1. The number of fused-ring (bicyclic) bond motifs is 1. The van der Waals surface area contributed by atoms with Gasteiger partial charge in [-0.15, -0.1) is 0 Å². The summed E-state index contributed by atoms with van der Waals surface area (Å²) in [6.45, 7) is 4.04. The van der Waals surface area contributed by atoms with Gasteiger partial charge >= 0.3 is 0 Å². The van der Waals surface area contributed by atoms with Crippen molar-refractivity contribution in [2.45, 2.75) is 6.04 Å². The lowest BCUT2D eigenvalue weighted by atomic mass is 9.96. The lowest BCUT2D eigenvalue weighted by Crippen LogP contribution is -2.47. The summed E-state index contributed by atoms with van der Waals surface area (Å²) in [5.74, 6) is 0. The zero-order valence-electron chi connectivity index (χ0n) is 16.0. The van der Waals surface area contributed by atoms with Crippen LogP contribution in [0, 0.1) is 0 Å². The molecule has 1 saturated heterocycles. The van der Waals surface area contributed by atoms with Crippen LogP contribution in [0.3, 0.4) is 0 Å². The maximum Gasteiger partial charge on any atom is 0.186 e. The van der Waals surface area contributed by atoms with Crippen molar-refractivity contribution in [3.8, 4) is 0 Å². The molecule has 1 aliphatic rings. The van der Waals surface area contributed by atoms with E-state index in [0.29, 0.717) is 6.04 Å². The molecule has 0 radical (unpaired) electrons. The molecular formula is C24H22BrN3S. The van der Waals surface area contributed by atoms with Crippen molar-refractivity contribution in [1.29, 1.82) is 0 Å². The molecule has 3 nitrogen and oxygen atoms in total. The number of benzene rings is 3. The summed E-state index contributed by atoms with van der Waals surface area (Å²) >= 11 is 5.35. The average Bonchev–Trinajstić information content (AvgIpc) is 3.19. The van der Waals surface area contributed by atoms with Crippen molar-refractivity contribution in [3.63, 3.8) is 0 Å². The topological polar surface area (TPSA) is 19.4 Å². The van der Waals surface area contributed by atoms with Crippen molar-refractivity contribution in [3.05, 3.63) is 94.5 Å². The summed E-state index contributed by atoms with van der Waals surface area (Å²) < 4.78 is 2.35. The monoisotopic (exact) mass is 463 g/mol. The Morgan fingerprint density at radius 2 is 1.41 bits per heavy atom. The highest BCUT2D eigenvalue weighted by Gasteiger charge is 2.27. The Morgan fingerprint density at radius 1 is 0.793 bits per heavy atom. The van der Waals surface area contributed by atoms with Crippen LogP contribution in [0.2, 0.25) is 0 Å². The predicted molar refractivity (Wildman–Crippen MR) is 126 cm³/mol. The van der Waals surface area contributed by atoms with Crippen LogP contribution in [0.1, 0.15) is 17.2 Å². The van der Waals surface area contributed by atoms with Crippen molar-refractivity contribution in [1.82, 2.24) is 9.88 Å². The van der Waals surface area contributed by atoms with E-state index in [0.717, 1.165) is 41.3 Å².